The lowest BCUT2D eigenvalue weighted by molar-refractivity contribution is -0.402. The van der Waals surface area contributed by atoms with Crippen LogP contribution in [0, 0.1) is 10.1 Å². The summed E-state index contributed by atoms with van der Waals surface area (Å²) in [5.41, 5.74) is 0.687. The van der Waals surface area contributed by atoms with E-state index in [9.17, 15) is 14.9 Å². The van der Waals surface area contributed by atoms with Gasteiger partial charge >= 0.3 is 11.9 Å². The molecule has 0 amide bonds. The maximum atomic E-state index is 11.3. The average Bonchev–Trinajstić information content (AvgIpc) is 2.93. The van der Waals surface area contributed by atoms with Crippen molar-refractivity contribution in [3.63, 3.8) is 0 Å². The second-order valence-electron chi connectivity index (χ2n) is 3.71. The van der Waals surface area contributed by atoms with Gasteiger partial charge in [0.15, 0.2) is 0 Å². The minimum absolute atomic E-state index is 0.181. The van der Waals surface area contributed by atoms with Gasteiger partial charge in [0.05, 0.1) is 18.9 Å². The summed E-state index contributed by atoms with van der Waals surface area (Å²) in [6.45, 7) is 0. The molecule has 7 nitrogen and oxygen atoms in total. The number of carbonyl (C=O) groups is 1. The van der Waals surface area contributed by atoms with E-state index in [-0.39, 0.29) is 11.6 Å². The van der Waals surface area contributed by atoms with Gasteiger partial charge in [-0.25, -0.2) is 9.78 Å². The predicted molar refractivity (Wildman–Crippen MR) is 69.9 cm³/mol. The monoisotopic (exact) mass is 274 g/mol. The van der Waals surface area contributed by atoms with E-state index < -0.39 is 10.9 Å². The number of nitro groups is 1. The molecular weight excluding hydrogens is 264 g/mol. The Bertz CT molecular complexity index is 675. The van der Waals surface area contributed by atoms with Crippen molar-refractivity contribution < 1.29 is 18.9 Å². The lowest BCUT2D eigenvalue weighted by atomic mass is 10.2. The fourth-order valence-corrected chi connectivity index (χ4v) is 1.46. The lowest BCUT2D eigenvalue weighted by Gasteiger charge is -1.98. The van der Waals surface area contributed by atoms with Gasteiger partial charge < -0.3 is 9.15 Å². The summed E-state index contributed by atoms with van der Waals surface area (Å²) in [5, 5.41) is 10.5. The highest BCUT2D eigenvalue weighted by Crippen LogP contribution is 2.17. The third-order valence-corrected chi connectivity index (χ3v) is 2.38. The number of pyridine rings is 1. The van der Waals surface area contributed by atoms with Crippen LogP contribution in [0.1, 0.15) is 21.9 Å². The first kappa shape index (κ1) is 13.5. The zero-order valence-electron chi connectivity index (χ0n) is 10.5. The van der Waals surface area contributed by atoms with Crippen LogP contribution in [0.15, 0.2) is 34.7 Å². The van der Waals surface area contributed by atoms with Gasteiger partial charge in [-0.2, -0.15) is 0 Å². The molecule has 0 N–H and O–H groups in total. The Balaban J connectivity index is 2.18. The van der Waals surface area contributed by atoms with E-state index in [0.717, 1.165) is 0 Å². The molecule has 20 heavy (non-hydrogen) atoms. The summed E-state index contributed by atoms with van der Waals surface area (Å²) in [7, 11) is 1.27. The van der Waals surface area contributed by atoms with Crippen LogP contribution in [-0.2, 0) is 4.74 Å². The second kappa shape index (κ2) is 5.79. The fraction of sp³-hybridized carbons (Fsp3) is 0.0769. The number of ether oxygens (including phenoxy) is 1. The number of hydrogen-bond acceptors (Lipinski definition) is 6. The van der Waals surface area contributed by atoms with Crippen molar-refractivity contribution in [2.24, 2.45) is 0 Å². The Morgan fingerprint density at radius 3 is 2.80 bits per heavy atom. The standard InChI is InChI=1S/C13H10N2O5/c1-19-13(16)11-4-2-3-9(14-11)5-6-10-7-8-12(20-10)15(17)18/h2-8H,1H3. The van der Waals surface area contributed by atoms with E-state index in [1.165, 1.54) is 31.4 Å². The molecule has 0 aliphatic carbocycles. The van der Waals surface area contributed by atoms with Crippen molar-refractivity contribution >= 4 is 24.0 Å². The molecule has 0 aromatic carbocycles. The Kier molecular flexibility index (Phi) is 3.90. The van der Waals surface area contributed by atoms with Crippen molar-refractivity contribution in [2.75, 3.05) is 7.11 Å². The quantitative estimate of drug-likeness (QED) is 0.483. The SMILES string of the molecule is COC(=O)c1cccc(C=Cc2ccc([N+](=O)[O-])o2)n1. The number of nitrogens with zero attached hydrogens (tertiary/aromatic N) is 2. The molecule has 0 aliphatic rings. The van der Waals surface area contributed by atoms with Gasteiger partial charge in [-0.3, -0.25) is 10.1 Å². The normalized spacial score (nSPS) is 10.7. The second-order valence-corrected chi connectivity index (χ2v) is 3.71. The third kappa shape index (κ3) is 3.08. The van der Waals surface area contributed by atoms with Crippen LogP contribution >= 0.6 is 0 Å². The van der Waals surface area contributed by atoms with Gasteiger partial charge in [-0.15, -0.1) is 0 Å². The molecule has 0 spiro atoms. The van der Waals surface area contributed by atoms with Crippen molar-refractivity contribution in [2.45, 2.75) is 0 Å². The Hall–Kier alpha value is -2.96. The van der Waals surface area contributed by atoms with Gasteiger partial charge in [-0.05, 0) is 30.4 Å². The average molecular weight is 274 g/mol. The predicted octanol–water partition coefficient (Wildman–Crippen LogP) is 2.54. The van der Waals surface area contributed by atoms with Crippen LogP contribution in [0.2, 0.25) is 0 Å². The summed E-state index contributed by atoms with van der Waals surface area (Å²) >= 11 is 0. The summed E-state index contributed by atoms with van der Waals surface area (Å²) in [6.07, 6.45) is 3.10. The Labute approximate surface area is 113 Å². The summed E-state index contributed by atoms with van der Waals surface area (Å²) < 4.78 is 9.53. The van der Waals surface area contributed by atoms with Crippen LogP contribution in [-0.4, -0.2) is 23.0 Å². The molecule has 0 saturated carbocycles. The highest BCUT2D eigenvalue weighted by Gasteiger charge is 2.10. The maximum absolute atomic E-state index is 11.3. The van der Waals surface area contributed by atoms with Gasteiger partial charge in [-0.1, -0.05) is 6.07 Å². The highest BCUT2D eigenvalue weighted by molar-refractivity contribution is 5.87. The molecule has 7 heteroatoms. The Morgan fingerprint density at radius 1 is 1.35 bits per heavy atom. The summed E-state index contributed by atoms with van der Waals surface area (Å²) in [6, 6.07) is 7.60. The minimum Gasteiger partial charge on any atom is -0.464 e. The Morgan fingerprint density at radius 2 is 2.15 bits per heavy atom. The van der Waals surface area contributed by atoms with Crippen molar-refractivity contribution in [1.82, 2.24) is 4.98 Å². The molecule has 0 unspecified atom stereocenters. The molecule has 2 aromatic heterocycles. The molecule has 0 bridgehead atoms. The molecule has 2 aromatic rings. The van der Waals surface area contributed by atoms with E-state index in [2.05, 4.69) is 9.72 Å². The smallest absolute Gasteiger partial charge is 0.433 e. The molecule has 2 rings (SSSR count). The number of carbonyl (C=O) groups excluding carboxylic acids is 1. The van der Waals surface area contributed by atoms with Crippen molar-refractivity contribution in [3.05, 3.63) is 57.6 Å². The minimum atomic E-state index is -0.618. The zero-order valence-corrected chi connectivity index (χ0v) is 10.5. The number of rotatable bonds is 4. The number of hydrogen-bond donors (Lipinski definition) is 0. The van der Waals surface area contributed by atoms with Crippen LogP contribution in [0.4, 0.5) is 5.88 Å². The van der Waals surface area contributed by atoms with Crippen LogP contribution in [0.3, 0.4) is 0 Å². The first-order chi connectivity index (χ1) is 9.60. The summed E-state index contributed by atoms with van der Waals surface area (Å²) in [5.74, 6) is -0.545. The number of esters is 1. The van der Waals surface area contributed by atoms with Gasteiger partial charge in [0.25, 0.3) is 0 Å². The van der Waals surface area contributed by atoms with Crippen LogP contribution in [0.25, 0.3) is 12.2 Å². The van der Waals surface area contributed by atoms with Crippen LogP contribution in [0.5, 0.6) is 0 Å². The van der Waals surface area contributed by atoms with E-state index >= 15 is 0 Å². The van der Waals surface area contributed by atoms with E-state index in [1.54, 1.807) is 18.2 Å². The first-order valence-corrected chi connectivity index (χ1v) is 5.58. The van der Waals surface area contributed by atoms with E-state index in [1.807, 2.05) is 0 Å². The van der Waals surface area contributed by atoms with Crippen LogP contribution < -0.4 is 0 Å². The molecule has 0 aliphatic heterocycles. The molecule has 0 saturated heterocycles. The summed E-state index contributed by atoms with van der Waals surface area (Å²) in [4.78, 5) is 25.2. The largest absolute Gasteiger partial charge is 0.464 e. The number of methoxy groups -OCH3 is 1. The number of aromatic nitrogens is 1. The first-order valence-electron chi connectivity index (χ1n) is 5.58. The van der Waals surface area contributed by atoms with E-state index in [0.29, 0.717) is 11.5 Å². The third-order valence-electron chi connectivity index (χ3n) is 2.38. The number of furan rings is 1. The molecule has 0 radical (unpaired) electrons. The molecular formula is C13H10N2O5. The fourth-order valence-electron chi connectivity index (χ4n) is 1.46. The van der Waals surface area contributed by atoms with Crippen molar-refractivity contribution in [1.29, 1.82) is 0 Å². The molecule has 0 fully saturated rings. The maximum Gasteiger partial charge on any atom is 0.433 e. The molecule has 0 atom stereocenters. The lowest BCUT2D eigenvalue weighted by Crippen LogP contribution is -2.04. The van der Waals surface area contributed by atoms with E-state index in [4.69, 9.17) is 4.42 Å². The molecule has 102 valence electrons. The molecule has 2 heterocycles. The zero-order chi connectivity index (χ0) is 14.5. The van der Waals surface area contributed by atoms with Gasteiger partial charge in [0.2, 0.25) is 0 Å². The van der Waals surface area contributed by atoms with Gasteiger partial charge in [0, 0.05) is 0 Å². The van der Waals surface area contributed by atoms with Crippen molar-refractivity contribution in [3.8, 4) is 0 Å². The van der Waals surface area contributed by atoms with Gasteiger partial charge in [0.1, 0.15) is 16.4 Å². The topological polar surface area (TPSA) is 95.5 Å². The highest BCUT2D eigenvalue weighted by atomic mass is 16.6.